The van der Waals surface area contributed by atoms with Gasteiger partial charge in [-0.25, -0.2) is 4.79 Å². The van der Waals surface area contributed by atoms with Crippen LogP contribution in [-0.2, 0) is 20.9 Å². The number of aryl methyl sites for hydroxylation is 2. The Morgan fingerprint density at radius 1 is 1.00 bits per heavy atom. The summed E-state index contributed by atoms with van der Waals surface area (Å²) in [5.41, 5.74) is 3.06. The third kappa shape index (κ3) is 5.81. The van der Waals surface area contributed by atoms with Gasteiger partial charge in [-0.05, 0) is 43.2 Å². The molecule has 1 amide bonds. The van der Waals surface area contributed by atoms with E-state index in [9.17, 15) is 9.59 Å². The Bertz CT molecular complexity index is 773. The normalized spacial score (nSPS) is 10.1. The molecule has 0 unspecified atom stereocenters. The van der Waals surface area contributed by atoms with Crippen LogP contribution in [0.3, 0.4) is 0 Å². The molecule has 0 atom stereocenters. The molecule has 2 rings (SSSR count). The van der Waals surface area contributed by atoms with Gasteiger partial charge in [0.1, 0.15) is 11.5 Å². The van der Waals surface area contributed by atoms with E-state index < -0.39 is 11.9 Å². The van der Waals surface area contributed by atoms with E-state index in [1.54, 1.807) is 13.2 Å². The predicted octanol–water partition coefficient (Wildman–Crippen LogP) is 2.55. The van der Waals surface area contributed by atoms with Gasteiger partial charge in [0.25, 0.3) is 5.91 Å². The fraction of sp³-hybridized carbons (Fsp3) is 0.300. The van der Waals surface area contributed by atoms with Gasteiger partial charge in [-0.2, -0.15) is 0 Å². The zero-order valence-corrected chi connectivity index (χ0v) is 15.2. The van der Waals surface area contributed by atoms with Crippen LogP contribution in [0.4, 0.5) is 0 Å². The molecule has 2 aromatic rings. The van der Waals surface area contributed by atoms with Crippen LogP contribution in [0.2, 0.25) is 0 Å². The number of methoxy groups -OCH3 is 1. The van der Waals surface area contributed by atoms with Gasteiger partial charge in [-0.3, -0.25) is 4.79 Å². The molecule has 0 bridgehead atoms. The number of carbonyl (C=O) groups is 2. The van der Waals surface area contributed by atoms with Crippen LogP contribution in [0.25, 0.3) is 0 Å². The molecule has 0 saturated heterocycles. The summed E-state index contributed by atoms with van der Waals surface area (Å²) in [6.07, 6.45) is 0. The van der Waals surface area contributed by atoms with E-state index in [0.717, 1.165) is 16.7 Å². The largest absolute Gasteiger partial charge is 0.496 e. The van der Waals surface area contributed by atoms with Gasteiger partial charge >= 0.3 is 5.97 Å². The third-order valence-electron chi connectivity index (χ3n) is 3.87. The first-order valence-electron chi connectivity index (χ1n) is 8.24. The zero-order valence-electron chi connectivity index (χ0n) is 15.2. The van der Waals surface area contributed by atoms with E-state index in [1.165, 1.54) is 0 Å². The van der Waals surface area contributed by atoms with Gasteiger partial charge in [0, 0.05) is 12.1 Å². The smallest absolute Gasteiger partial charge is 0.344 e. The first kappa shape index (κ1) is 19.3. The quantitative estimate of drug-likeness (QED) is 0.735. The van der Waals surface area contributed by atoms with Gasteiger partial charge < -0.3 is 19.5 Å². The van der Waals surface area contributed by atoms with E-state index in [4.69, 9.17) is 14.2 Å². The van der Waals surface area contributed by atoms with Crippen molar-refractivity contribution in [2.24, 2.45) is 0 Å². The maximum Gasteiger partial charge on any atom is 0.344 e. The molecule has 0 aliphatic heterocycles. The Morgan fingerprint density at radius 2 is 1.77 bits per heavy atom. The van der Waals surface area contributed by atoms with Crippen molar-refractivity contribution in [2.45, 2.75) is 20.4 Å². The lowest BCUT2D eigenvalue weighted by Gasteiger charge is -2.10. The van der Waals surface area contributed by atoms with E-state index in [0.29, 0.717) is 18.0 Å². The summed E-state index contributed by atoms with van der Waals surface area (Å²) >= 11 is 0. The van der Waals surface area contributed by atoms with Crippen LogP contribution in [0, 0.1) is 13.8 Å². The summed E-state index contributed by atoms with van der Waals surface area (Å²) in [6.45, 7) is 3.65. The average molecular weight is 357 g/mol. The highest BCUT2D eigenvalue weighted by atomic mass is 16.6. The molecule has 0 heterocycles. The van der Waals surface area contributed by atoms with Crippen molar-refractivity contribution in [1.29, 1.82) is 0 Å². The first-order valence-corrected chi connectivity index (χ1v) is 8.24. The molecular weight excluding hydrogens is 334 g/mol. The molecular formula is C20H23NO5. The Kier molecular flexibility index (Phi) is 7.02. The monoisotopic (exact) mass is 357 g/mol. The van der Waals surface area contributed by atoms with Crippen molar-refractivity contribution in [3.8, 4) is 11.5 Å². The highest BCUT2D eigenvalue weighted by Crippen LogP contribution is 2.17. The van der Waals surface area contributed by atoms with Crippen molar-refractivity contribution >= 4 is 11.9 Å². The maximum absolute atomic E-state index is 11.8. The number of hydrogen-bond donors (Lipinski definition) is 1. The van der Waals surface area contributed by atoms with Crippen LogP contribution in [0.1, 0.15) is 16.7 Å². The summed E-state index contributed by atoms with van der Waals surface area (Å²) in [6, 6.07) is 12.9. The third-order valence-corrected chi connectivity index (χ3v) is 3.87. The number of amides is 1. The minimum Gasteiger partial charge on any atom is -0.496 e. The number of nitrogens with one attached hydrogen (secondary N) is 1. The van der Waals surface area contributed by atoms with Gasteiger partial charge in [-0.1, -0.05) is 24.3 Å². The second kappa shape index (κ2) is 9.46. The Hall–Kier alpha value is -3.02. The molecule has 0 aliphatic rings. The topological polar surface area (TPSA) is 73.9 Å². The van der Waals surface area contributed by atoms with E-state index in [-0.39, 0.29) is 13.2 Å². The Labute approximate surface area is 153 Å². The molecule has 0 saturated carbocycles. The van der Waals surface area contributed by atoms with Crippen molar-refractivity contribution in [3.63, 3.8) is 0 Å². The second-order valence-corrected chi connectivity index (χ2v) is 5.78. The standard InChI is InChI=1S/C20H23NO5/c1-14-8-9-17(10-15(14)2)25-13-20(23)26-12-19(22)21-11-16-6-4-5-7-18(16)24-3/h4-10H,11-13H2,1-3H3,(H,21,22). The summed E-state index contributed by atoms with van der Waals surface area (Å²) in [4.78, 5) is 23.5. The van der Waals surface area contributed by atoms with Gasteiger partial charge in [0.15, 0.2) is 13.2 Å². The molecule has 0 radical (unpaired) electrons. The molecule has 6 nitrogen and oxygen atoms in total. The van der Waals surface area contributed by atoms with Crippen molar-refractivity contribution < 1.29 is 23.8 Å². The molecule has 1 N–H and O–H groups in total. The van der Waals surface area contributed by atoms with Crippen LogP contribution < -0.4 is 14.8 Å². The molecule has 0 aliphatic carbocycles. The van der Waals surface area contributed by atoms with Crippen LogP contribution in [0.15, 0.2) is 42.5 Å². The fourth-order valence-electron chi connectivity index (χ4n) is 2.23. The number of esters is 1. The molecule has 2 aromatic carbocycles. The lowest BCUT2D eigenvalue weighted by molar-refractivity contribution is -0.150. The summed E-state index contributed by atoms with van der Waals surface area (Å²) in [5, 5.41) is 2.68. The highest BCUT2D eigenvalue weighted by molar-refractivity contribution is 5.80. The maximum atomic E-state index is 11.8. The van der Waals surface area contributed by atoms with Crippen molar-refractivity contribution in [3.05, 3.63) is 59.2 Å². The number of hydrogen-bond acceptors (Lipinski definition) is 5. The predicted molar refractivity (Wildman–Crippen MR) is 97.2 cm³/mol. The van der Waals surface area contributed by atoms with Crippen LogP contribution in [-0.4, -0.2) is 32.2 Å². The van der Waals surface area contributed by atoms with Crippen LogP contribution >= 0.6 is 0 Å². The molecule has 0 aromatic heterocycles. The zero-order chi connectivity index (χ0) is 18.9. The van der Waals surface area contributed by atoms with Crippen molar-refractivity contribution in [2.75, 3.05) is 20.3 Å². The number of ether oxygens (including phenoxy) is 3. The average Bonchev–Trinajstić information content (AvgIpc) is 2.65. The van der Waals surface area contributed by atoms with Gasteiger partial charge in [-0.15, -0.1) is 0 Å². The number of carbonyl (C=O) groups excluding carboxylic acids is 2. The molecule has 6 heteroatoms. The lowest BCUT2D eigenvalue weighted by Crippen LogP contribution is -2.29. The summed E-state index contributed by atoms with van der Waals surface area (Å²) in [5.74, 6) is 0.281. The summed E-state index contributed by atoms with van der Waals surface area (Å²) < 4.78 is 15.5. The van der Waals surface area contributed by atoms with Gasteiger partial charge in [0.2, 0.25) is 0 Å². The molecule has 0 spiro atoms. The van der Waals surface area contributed by atoms with Crippen LogP contribution in [0.5, 0.6) is 11.5 Å². The van der Waals surface area contributed by atoms with E-state index in [1.807, 2.05) is 50.2 Å². The van der Waals surface area contributed by atoms with Gasteiger partial charge in [0.05, 0.1) is 7.11 Å². The fourth-order valence-corrected chi connectivity index (χ4v) is 2.23. The lowest BCUT2D eigenvalue weighted by atomic mass is 10.1. The molecule has 26 heavy (non-hydrogen) atoms. The number of para-hydroxylation sites is 1. The van der Waals surface area contributed by atoms with E-state index in [2.05, 4.69) is 5.32 Å². The minimum atomic E-state index is -0.601. The SMILES string of the molecule is COc1ccccc1CNC(=O)COC(=O)COc1ccc(C)c(C)c1. The van der Waals surface area contributed by atoms with E-state index >= 15 is 0 Å². The summed E-state index contributed by atoms with van der Waals surface area (Å²) in [7, 11) is 1.57. The Morgan fingerprint density at radius 3 is 2.50 bits per heavy atom. The number of benzene rings is 2. The Balaban J connectivity index is 1.71. The minimum absolute atomic E-state index is 0.248. The second-order valence-electron chi connectivity index (χ2n) is 5.78. The highest BCUT2D eigenvalue weighted by Gasteiger charge is 2.10. The molecule has 138 valence electrons. The number of rotatable bonds is 8. The molecule has 0 fully saturated rings. The van der Waals surface area contributed by atoms with Crippen molar-refractivity contribution in [1.82, 2.24) is 5.32 Å². The first-order chi connectivity index (χ1) is 12.5.